The van der Waals surface area contributed by atoms with E-state index in [1.807, 2.05) is 18.9 Å². The van der Waals surface area contributed by atoms with Gasteiger partial charge in [-0.25, -0.2) is 4.39 Å². The van der Waals surface area contributed by atoms with E-state index in [1.165, 1.54) is 6.07 Å². The summed E-state index contributed by atoms with van der Waals surface area (Å²) < 4.78 is 18.9. The molecule has 4 nitrogen and oxygen atoms in total. The van der Waals surface area contributed by atoms with Gasteiger partial charge in [0.25, 0.3) is 0 Å². The minimum absolute atomic E-state index is 0.199. The van der Waals surface area contributed by atoms with Gasteiger partial charge < -0.3 is 15.4 Å². The Morgan fingerprint density at radius 2 is 2.22 bits per heavy atom. The molecule has 5 heteroatoms. The van der Waals surface area contributed by atoms with Crippen LogP contribution in [0, 0.1) is 17.1 Å². The Labute approximate surface area is 107 Å². The molecule has 0 saturated heterocycles. The van der Waals surface area contributed by atoms with Crippen molar-refractivity contribution in [2.45, 2.75) is 19.8 Å². The van der Waals surface area contributed by atoms with Crippen molar-refractivity contribution in [2.75, 3.05) is 30.8 Å². The Kier molecular flexibility index (Phi) is 5.25. The van der Waals surface area contributed by atoms with Gasteiger partial charge in [-0.1, -0.05) is 6.92 Å². The van der Waals surface area contributed by atoms with Crippen molar-refractivity contribution in [3.05, 3.63) is 17.9 Å². The third-order valence-electron chi connectivity index (χ3n) is 2.51. The van der Waals surface area contributed by atoms with Gasteiger partial charge in [-0.2, -0.15) is 5.26 Å². The van der Waals surface area contributed by atoms with E-state index in [1.54, 1.807) is 6.07 Å². The maximum Gasteiger partial charge on any atom is 0.167 e. The van der Waals surface area contributed by atoms with Crippen LogP contribution >= 0.6 is 0 Å². The van der Waals surface area contributed by atoms with E-state index in [0.29, 0.717) is 30.9 Å². The molecular formula is C13H18FN3O. The smallest absolute Gasteiger partial charge is 0.167 e. The summed E-state index contributed by atoms with van der Waals surface area (Å²) in [7, 11) is 1.81. The molecule has 98 valence electrons. The first-order chi connectivity index (χ1) is 8.60. The van der Waals surface area contributed by atoms with Gasteiger partial charge in [0.2, 0.25) is 0 Å². The highest BCUT2D eigenvalue weighted by molar-refractivity contribution is 5.69. The predicted molar refractivity (Wildman–Crippen MR) is 70.1 cm³/mol. The SMILES string of the molecule is CCCOc1cc(N(C)CCC#N)c(N)cc1F. The Balaban J connectivity index is 2.93. The molecule has 0 bridgehead atoms. The molecule has 0 fully saturated rings. The van der Waals surface area contributed by atoms with Crippen molar-refractivity contribution in [3.8, 4) is 11.8 Å². The molecule has 0 aromatic heterocycles. The lowest BCUT2D eigenvalue weighted by atomic mass is 10.2. The number of nitriles is 1. The standard InChI is InChI=1S/C13H18FN3O/c1-3-7-18-13-9-12(11(16)8-10(13)14)17(2)6-4-5-15/h8-9H,3-4,6-7,16H2,1-2H3. The van der Waals surface area contributed by atoms with E-state index in [0.717, 1.165) is 6.42 Å². The largest absolute Gasteiger partial charge is 0.490 e. The number of hydrogen-bond donors (Lipinski definition) is 1. The van der Waals surface area contributed by atoms with Crippen LogP contribution in [0.2, 0.25) is 0 Å². The zero-order valence-electron chi connectivity index (χ0n) is 10.7. The van der Waals surface area contributed by atoms with Crippen molar-refractivity contribution in [3.63, 3.8) is 0 Å². The predicted octanol–water partition coefficient (Wildman–Crippen LogP) is 2.55. The molecule has 0 atom stereocenters. The van der Waals surface area contributed by atoms with Gasteiger partial charge in [0.1, 0.15) is 0 Å². The Morgan fingerprint density at radius 1 is 1.50 bits per heavy atom. The summed E-state index contributed by atoms with van der Waals surface area (Å²) in [6.07, 6.45) is 1.20. The number of nitrogens with zero attached hydrogens (tertiary/aromatic N) is 2. The molecule has 0 amide bonds. The number of halogens is 1. The highest BCUT2D eigenvalue weighted by Gasteiger charge is 2.12. The Bertz CT molecular complexity index is 443. The van der Waals surface area contributed by atoms with Crippen LogP contribution in [0.1, 0.15) is 19.8 Å². The molecule has 0 heterocycles. The lowest BCUT2D eigenvalue weighted by Gasteiger charge is -2.21. The van der Waals surface area contributed by atoms with Gasteiger partial charge in [0.15, 0.2) is 11.6 Å². The molecule has 1 aromatic carbocycles. The van der Waals surface area contributed by atoms with Crippen LogP contribution in [-0.2, 0) is 0 Å². The fourth-order valence-electron chi connectivity index (χ4n) is 1.55. The van der Waals surface area contributed by atoms with Crippen molar-refractivity contribution in [1.29, 1.82) is 5.26 Å². The molecule has 0 aliphatic heterocycles. The highest BCUT2D eigenvalue weighted by Crippen LogP contribution is 2.30. The van der Waals surface area contributed by atoms with Gasteiger partial charge in [-0.3, -0.25) is 0 Å². The van der Waals surface area contributed by atoms with Crippen molar-refractivity contribution >= 4 is 11.4 Å². The van der Waals surface area contributed by atoms with Crippen molar-refractivity contribution in [1.82, 2.24) is 0 Å². The van der Waals surface area contributed by atoms with Gasteiger partial charge in [-0.05, 0) is 6.42 Å². The topological polar surface area (TPSA) is 62.3 Å². The van der Waals surface area contributed by atoms with Crippen LogP contribution in [0.25, 0.3) is 0 Å². The van der Waals surface area contributed by atoms with Crippen LogP contribution in [0.15, 0.2) is 12.1 Å². The molecule has 1 aromatic rings. The second-order valence-electron chi connectivity index (χ2n) is 4.02. The van der Waals surface area contributed by atoms with E-state index in [2.05, 4.69) is 6.07 Å². The van der Waals surface area contributed by atoms with Crippen molar-refractivity contribution < 1.29 is 9.13 Å². The van der Waals surface area contributed by atoms with Crippen LogP contribution in [0.3, 0.4) is 0 Å². The van der Waals surface area contributed by atoms with E-state index >= 15 is 0 Å². The number of anilines is 2. The van der Waals surface area contributed by atoms with E-state index in [-0.39, 0.29) is 5.75 Å². The number of rotatable bonds is 6. The van der Waals surface area contributed by atoms with Gasteiger partial charge in [0, 0.05) is 25.7 Å². The monoisotopic (exact) mass is 251 g/mol. The second-order valence-corrected chi connectivity index (χ2v) is 4.02. The summed E-state index contributed by atoms with van der Waals surface area (Å²) in [4.78, 5) is 1.82. The van der Waals surface area contributed by atoms with E-state index in [9.17, 15) is 4.39 Å². The van der Waals surface area contributed by atoms with Crippen LogP contribution in [-0.4, -0.2) is 20.2 Å². The number of nitrogens with two attached hydrogens (primary N) is 1. The molecule has 0 saturated carbocycles. The lowest BCUT2D eigenvalue weighted by molar-refractivity contribution is 0.301. The molecule has 2 N–H and O–H groups in total. The molecule has 0 radical (unpaired) electrons. The fraction of sp³-hybridized carbons (Fsp3) is 0.462. The molecule has 0 unspecified atom stereocenters. The van der Waals surface area contributed by atoms with E-state index in [4.69, 9.17) is 15.7 Å². The zero-order chi connectivity index (χ0) is 13.5. The maximum absolute atomic E-state index is 13.6. The summed E-state index contributed by atoms with van der Waals surface area (Å²) in [6.45, 7) is 2.96. The van der Waals surface area contributed by atoms with Crippen LogP contribution in [0.4, 0.5) is 15.8 Å². The quantitative estimate of drug-likeness (QED) is 0.789. The first-order valence-corrected chi connectivity index (χ1v) is 5.90. The summed E-state index contributed by atoms with van der Waals surface area (Å²) in [5.41, 5.74) is 6.79. The molecule has 18 heavy (non-hydrogen) atoms. The molecule has 0 aliphatic carbocycles. The summed E-state index contributed by atoms with van der Waals surface area (Å²) in [5, 5.41) is 8.55. The third kappa shape index (κ3) is 3.52. The Morgan fingerprint density at radius 3 is 2.83 bits per heavy atom. The third-order valence-corrected chi connectivity index (χ3v) is 2.51. The maximum atomic E-state index is 13.6. The molecule has 0 aliphatic rings. The zero-order valence-corrected chi connectivity index (χ0v) is 10.7. The molecular weight excluding hydrogens is 233 g/mol. The van der Waals surface area contributed by atoms with Gasteiger partial charge in [-0.15, -0.1) is 0 Å². The number of nitrogen functional groups attached to an aromatic ring is 1. The molecule has 0 spiro atoms. The average Bonchev–Trinajstić information content (AvgIpc) is 2.35. The minimum atomic E-state index is -0.460. The lowest BCUT2D eigenvalue weighted by Crippen LogP contribution is -2.19. The summed E-state index contributed by atoms with van der Waals surface area (Å²) >= 11 is 0. The van der Waals surface area contributed by atoms with E-state index < -0.39 is 5.82 Å². The second kappa shape index (κ2) is 6.70. The minimum Gasteiger partial charge on any atom is -0.490 e. The number of ether oxygens (including phenoxy) is 1. The normalized spacial score (nSPS) is 9.89. The summed E-state index contributed by atoms with van der Waals surface area (Å²) in [5.74, 6) is -0.261. The number of benzene rings is 1. The number of hydrogen-bond acceptors (Lipinski definition) is 4. The summed E-state index contributed by atoms with van der Waals surface area (Å²) in [6, 6.07) is 4.89. The van der Waals surface area contributed by atoms with Crippen LogP contribution < -0.4 is 15.4 Å². The fourth-order valence-corrected chi connectivity index (χ4v) is 1.55. The first kappa shape index (κ1) is 14.1. The van der Waals surface area contributed by atoms with Gasteiger partial charge in [0.05, 0.1) is 30.5 Å². The van der Waals surface area contributed by atoms with Gasteiger partial charge >= 0.3 is 0 Å². The highest BCUT2D eigenvalue weighted by atomic mass is 19.1. The van der Waals surface area contributed by atoms with Crippen molar-refractivity contribution in [2.24, 2.45) is 0 Å². The van der Waals surface area contributed by atoms with Crippen LogP contribution in [0.5, 0.6) is 5.75 Å². The average molecular weight is 251 g/mol. The Hall–Kier alpha value is -1.96. The molecule has 1 rings (SSSR count). The first-order valence-electron chi connectivity index (χ1n) is 5.90.